The zero-order chi connectivity index (χ0) is 35.2. The molecule has 0 saturated carbocycles. The smallest absolute Gasteiger partial charge is 0.210 e. The fourth-order valence-electron chi connectivity index (χ4n) is 7.15. The second-order valence-corrected chi connectivity index (χ2v) is 12.9. The molecule has 0 unspecified atom stereocenters. The van der Waals surface area contributed by atoms with E-state index in [9.17, 15) is 5.26 Å². The van der Waals surface area contributed by atoms with Crippen LogP contribution in [0.2, 0.25) is 0 Å². The monoisotopic (exact) mass is 666 g/mol. The fraction of sp³-hybridized carbons (Fsp3) is 0.0213. The van der Waals surface area contributed by atoms with Crippen LogP contribution in [0.1, 0.15) is 11.1 Å². The maximum Gasteiger partial charge on any atom is 0.210 e. The SMILES string of the molecule is [C-]#[N+]c1ccccc1N(c1ccccc1)c1ccc2cc3c(cc2c1)oc1cc2cc(N(c4ccc(C)cc4)c4ccccc4C#N)ccc2cc13. The maximum atomic E-state index is 10.0. The molecule has 5 heteroatoms. The van der Waals surface area contributed by atoms with Crippen LogP contribution in [0, 0.1) is 24.8 Å². The van der Waals surface area contributed by atoms with Crippen LogP contribution in [0.3, 0.4) is 0 Å². The second kappa shape index (κ2) is 12.5. The summed E-state index contributed by atoms with van der Waals surface area (Å²) in [7, 11) is 0. The number of furan rings is 1. The van der Waals surface area contributed by atoms with Gasteiger partial charge in [0.25, 0.3) is 0 Å². The lowest BCUT2D eigenvalue weighted by Crippen LogP contribution is -2.11. The van der Waals surface area contributed by atoms with Crippen LogP contribution in [-0.2, 0) is 0 Å². The number of nitrogens with zero attached hydrogens (tertiary/aromatic N) is 4. The van der Waals surface area contributed by atoms with Crippen molar-refractivity contribution in [3.8, 4) is 6.07 Å². The maximum absolute atomic E-state index is 10.0. The van der Waals surface area contributed by atoms with Gasteiger partial charge in [0.1, 0.15) is 17.2 Å². The minimum Gasteiger partial charge on any atom is -0.456 e. The Bertz CT molecular complexity index is 2900. The number of aryl methyl sites for hydroxylation is 1. The van der Waals surface area contributed by atoms with E-state index < -0.39 is 0 Å². The van der Waals surface area contributed by atoms with Gasteiger partial charge in [-0.25, -0.2) is 4.85 Å². The van der Waals surface area contributed by atoms with Crippen molar-refractivity contribution in [1.29, 1.82) is 5.26 Å². The Labute approximate surface area is 301 Å². The Hall–Kier alpha value is -7.34. The van der Waals surface area contributed by atoms with Crippen LogP contribution in [0.25, 0.3) is 48.3 Å². The summed E-state index contributed by atoms with van der Waals surface area (Å²) in [4.78, 5) is 8.10. The average Bonchev–Trinajstić information content (AvgIpc) is 3.53. The van der Waals surface area contributed by atoms with Crippen molar-refractivity contribution in [3.63, 3.8) is 0 Å². The van der Waals surface area contributed by atoms with Crippen LogP contribution in [-0.4, -0.2) is 0 Å². The Balaban J connectivity index is 1.17. The highest BCUT2D eigenvalue weighted by molar-refractivity contribution is 6.14. The molecule has 9 rings (SSSR count). The predicted octanol–water partition coefficient (Wildman–Crippen LogP) is 13.6. The molecule has 5 nitrogen and oxygen atoms in total. The third-order valence-corrected chi connectivity index (χ3v) is 9.69. The van der Waals surface area contributed by atoms with Crippen LogP contribution < -0.4 is 9.80 Å². The molecule has 1 aromatic heterocycles. The summed E-state index contributed by atoms with van der Waals surface area (Å²) in [6.07, 6.45) is 0. The van der Waals surface area contributed by atoms with Gasteiger partial charge in [-0.05, 0) is 119 Å². The standard InChI is InChI=1S/C47H30N4O/c1-31-16-20-38(21-17-31)50(44-14-8-6-10-34(44)30-48)39-22-18-32-26-41-42-27-33-19-23-40(25-36(33)29-47(42)52-46(41)28-35(32)24-39)51(37-11-4-3-5-12-37)45-15-9-7-13-43(45)49-2/h3-29H,1H3. The van der Waals surface area contributed by atoms with Gasteiger partial charge in [-0.1, -0.05) is 78.4 Å². The zero-order valence-electron chi connectivity index (χ0n) is 28.3. The largest absolute Gasteiger partial charge is 0.456 e. The lowest BCUT2D eigenvalue weighted by atomic mass is 10.0. The van der Waals surface area contributed by atoms with E-state index in [1.165, 1.54) is 5.56 Å². The number of fused-ring (bicyclic) bond motifs is 5. The molecular weight excluding hydrogens is 637 g/mol. The van der Waals surface area contributed by atoms with E-state index in [1.807, 2.05) is 66.7 Å². The molecule has 9 aromatic rings. The Morgan fingerprint density at radius 1 is 0.519 bits per heavy atom. The van der Waals surface area contributed by atoms with Gasteiger partial charge in [0, 0.05) is 33.5 Å². The van der Waals surface area contributed by atoms with Gasteiger partial charge in [0.05, 0.1) is 23.5 Å². The lowest BCUT2D eigenvalue weighted by molar-refractivity contribution is 0.670. The van der Waals surface area contributed by atoms with Crippen LogP contribution in [0.5, 0.6) is 0 Å². The molecule has 244 valence electrons. The Kier molecular flexibility index (Phi) is 7.39. The van der Waals surface area contributed by atoms with Gasteiger partial charge < -0.3 is 14.2 Å². The van der Waals surface area contributed by atoms with Crippen LogP contribution in [0.4, 0.5) is 39.8 Å². The van der Waals surface area contributed by atoms with Crippen molar-refractivity contribution in [2.45, 2.75) is 6.92 Å². The van der Waals surface area contributed by atoms with Gasteiger partial charge in [0.2, 0.25) is 5.69 Å². The molecule has 0 atom stereocenters. The number of para-hydroxylation sites is 4. The summed E-state index contributed by atoms with van der Waals surface area (Å²) in [6, 6.07) is 57.8. The topological polar surface area (TPSA) is 47.8 Å². The van der Waals surface area contributed by atoms with Crippen LogP contribution >= 0.6 is 0 Å². The molecule has 52 heavy (non-hydrogen) atoms. The van der Waals surface area contributed by atoms with Crippen molar-refractivity contribution >= 4 is 83.3 Å². The van der Waals surface area contributed by atoms with E-state index in [0.29, 0.717) is 11.3 Å². The van der Waals surface area contributed by atoms with Crippen molar-refractivity contribution in [3.05, 3.63) is 186 Å². The van der Waals surface area contributed by atoms with Gasteiger partial charge in [-0.3, -0.25) is 0 Å². The number of benzene rings is 8. The molecule has 0 aliphatic heterocycles. The first-order valence-corrected chi connectivity index (χ1v) is 17.1. The molecule has 0 saturated heterocycles. The minimum atomic E-state index is 0.589. The molecule has 0 fully saturated rings. The summed E-state index contributed by atoms with van der Waals surface area (Å²) in [5.74, 6) is 0. The highest BCUT2D eigenvalue weighted by atomic mass is 16.3. The third-order valence-electron chi connectivity index (χ3n) is 9.69. The summed E-state index contributed by atoms with van der Waals surface area (Å²) >= 11 is 0. The van der Waals surface area contributed by atoms with Gasteiger partial charge in [-0.15, -0.1) is 0 Å². The number of nitriles is 1. The average molecular weight is 667 g/mol. The molecule has 8 aromatic carbocycles. The molecule has 0 bridgehead atoms. The van der Waals surface area contributed by atoms with E-state index in [4.69, 9.17) is 11.0 Å². The van der Waals surface area contributed by atoms with E-state index in [2.05, 4.69) is 125 Å². The molecule has 0 aliphatic carbocycles. The first-order valence-electron chi connectivity index (χ1n) is 17.1. The second-order valence-electron chi connectivity index (χ2n) is 12.9. The van der Waals surface area contributed by atoms with E-state index in [-0.39, 0.29) is 0 Å². The van der Waals surface area contributed by atoms with E-state index in [0.717, 1.165) is 77.6 Å². The third kappa shape index (κ3) is 5.26. The normalized spacial score (nSPS) is 11.1. The van der Waals surface area contributed by atoms with Crippen molar-refractivity contribution in [1.82, 2.24) is 0 Å². The van der Waals surface area contributed by atoms with Crippen molar-refractivity contribution in [2.75, 3.05) is 9.80 Å². The number of hydrogen-bond donors (Lipinski definition) is 0. The van der Waals surface area contributed by atoms with Crippen molar-refractivity contribution in [2.24, 2.45) is 0 Å². The number of rotatable bonds is 6. The van der Waals surface area contributed by atoms with Crippen molar-refractivity contribution < 1.29 is 4.42 Å². The molecule has 0 radical (unpaired) electrons. The first kappa shape index (κ1) is 30.7. The Morgan fingerprint density at radius 2 is 1.04 bits per heavy atom. The van der Waals surface area contributed by atoms with E-state index >= 15 is 0 Å². The molecule has 0 N–H and O–H groups in total. The zero-order valence-corrected chi connectivity index (χ0v) is 28.3. The predicted molar refractivity (Wildman–Crippen MR) is 214 cm³/mol. The molecular formula is C47H30N4O. The van der Waals surface area contributed by atoms with E-state index in [1.54, 1.807) is 0 Å². The minimum absolute atomic E-state index is 0.589. The number of hydrogen-bond acceptors (Lipinski definition) is 4. The number of anilines is 6. The molecule has 0 spiro atoms. The molecule has 0 aliphatic rings. The fourth-order valence-corrected chi connectivity index (χ4v) is 7.15. The quantitative estimate of drug-likeness (QED) is 0.166. The summed E-state index contributed by atoms with van der Waals surface area (Å²) < 4.78 is 6.58. The molecule has 0 amide bonds. The Morgan fingerprint density at radius 3 is 1.65 bits per heavy atom. The summed E-state index contributed by atoms with van der Waals surface area (Å²) in [5.41, 5.74) is 9.51. The summed E-state index contributed by atoms with van der Waals surface area (Å²) in [5, 5.41) is 16.4. The lowest BCUT2D eigenvalue weighted by Gasteiger charge is -2.27. The highest BCUT2D eigenvalue weighted by Crippen LogP contribution is 2.43. The van der Waals surface area contributed by atoms with Gasteiger partial charge >= 0.3 is 0 Å². The summed E-state index contributed by atoms with van der Waals surface area (Å²) in [6.45, 7) is 9.91. The van der Waals surface area contributed by atoms with Gasteiger partial charge in [0.15, 0.2) is 0 Å². The highest BCUT2D eigenvalue weighted by Gasteiger charge is 2.19. The van der Waals surface area contributed by atoms with Crippen LogP contribution in [0.15, 0.2) is 168 Å². The first-order chi connectivity index (χ1) is 25.6. The van der Waals surface area contributed by atoms with Gasteiger partial charge in [-0.2, -0.15) is 5.26 Å². The molecule has 1 heterocycles.